The molecule has 3 aromatic rings. The second-order valence-corrected chi connectivity index (χ2v) is 12.1. The van der Waals surface area contributed by atoms with Crippen molar-refractivity contribution in [1.82, 2.24) is 10.2 Å². The summed E-state index contributed by atoms with van der Waals surface area (Å²) in [5, 5.41) is 6.04. The fraction of sp³-hybridized carbons (Fsp3) is 0.286. The zero-order chi connectivity index (χ0) is 28.3. The minimum Gasteiger partial charge on any atom is -0.495 e. The first kappa shape index (κ1) is 28.7. The second-order valence-electron chi connectivity index (χ2n) is 9.38. The molecular weight excluding hydrogens is 561 g/mol. The number of carbonyl (C=O) groups is 2. The average Bonchev–Trinajstić information content (AvgIpc) is 2.89. The Bertz CT molecular complexity index is 1510. The number of sulfone groups is 1. The van der Waals surface area contributed by atoms with Crippen molar-refractivity contribution >= 4 is 50.7 Å². The van der Waals surface area contributed by atoms with Crippen LogP contribution in [0.25, 0.3) is 0 Å². The molecule has 3 aromatic carbocycles. The zero-order valence-electron chi connectivity index (χ0n) is 21.8. The molecule has 1 aliphatic rings. The molecule has 0 saturated carbocycles. The molecule has 2 N–H and O–H groups in total. The Balaban J connectivity index is 1.38. The Kier molecular flexibility index (Phi) is 8.73. The van der Waals surface area contributed by atoms with Crippen molar-refractivity contribution in [2.45, 2.75) is 43.5 Å². The van der Waals surface area contributed by atoms with E-state index in [-0.39, 0.29) is 26.6 Å². The van der Waals surface area contributed by atoms with Gasteiger partial charge in [0.15, 0.2) is 9.84 Å². The minimum absolute atomic E-state index is 0.0313. The van der Waals surface area contributed by atoms with Crippen LogP contribution >= 0.6 is 23.2 Å². The summed E-state index contributed by atoms with van der Waals surface area (Å²) in [6.45, 7) is 4.48. The Morgan fingerprint density at radius 1 is 1.03 bits per heavy atom. The van der Waals surface area contributed by atoms with E-state index in [1.807, 2.05) is 12.1 Å². The van der Waals surface area contributed by atoms with Crippen LogP contribution in [0.15, 0.2) is 59.5 Å². The molecule has 0 bridgehead atoms. The molecule has 0 spiro atoms. The Morgan fingerprint density at radius 3 is 2.41 bits per heavy atom. The monoisotopic (exact) mass is 589 g/mol. The van der Waals surface area contributed by atoms with Gasteiger partial charge in [-0.15, -0.1) is 0 Å². The predicted molar refractivity (Wildman–Crippen MR) is 152 cm³/mol. The van der Waals surface area contributed by atoms with Crippen LogP contribution in [0.2, 0.25) is 10.0 Å². The van der Waals surface area contributed by atoms with Crippen LogP contribution in [0.5, 0.6) is 5.75 Å². The molecule has 39 heavy (non-hydrogen) atoms. The molecule has 0 aliphatic carbocycles. The van der Waals surface area contributed by atoms with Crippen LogP contribution in [0.4, 0.5) is 10.5 Å². The number of ether oxygens (including phenoxy) is 1. The second kappa shape index (κ2) is 11.9. The van der Waals surface area contributed by atoms with Crippen LogP contribution in [0.3, 0.4) is 0 Å². The molecule has 4 rings (SSSR count). The largest absolute Gasteiger partial charge is 0.495 e. The van der Waals surface area contributed by atoms with Gasteiger partial charge in [0, 0.05) is 25.7 Å². The first-order valence-electron chi connectivity index (χ1n) is 12.3. The molecular formula is C28H29Cl2N3O5S. The number of halogens is 2. The third-order valence-corrected chi connectivity index (χ3v) is 9.25. The van der Waals surface area contributed by atoms with Crippen molar-refractivity contribution in [3.05, 3.63) is 86.9 Å². The lowest BCUT2D eigenvalue weighted by Crippen LogP contribution is -2.34. The van der Waals surface area contributed by atoms with E-state index in [0.29, 0.717) is 42.1 Å². The average molecular weight is 591 g/mol. The zero-order valence-corrected chi connectivity index (χ0v) is 24.1. The first-order chi connectivity index (χ1) is 18.5. The Hall–Kier alpha value is -3.27. The number of methoxy groups -OCH3 is 1. The van der Waals surface area contributed by atoms with E-state index in [9.17, 15) is 18.0 Å². The van der Waals surface area contributed by atoms with Gasteiger partial charge in [-0.2, -0.15) is 0 Å². The molecule has 1 aliphatic heterocycles. The maximum absolute atomic E-state index is 13.1. The lowest BCUT2D eigenvalue weighted by atomic mass is 9.98. The summed E-state index contributed by atoms with van der Waals surface area (Å²) >= 11 is 12.5. The van der Waals surface area contributed by atoms with Gasteiger partial charge < -0.3 is 20.3 Å². The van der Waals surface area contributed by atoms with Crippen LogP contribution in [0.1, 0.15) is 42.1 Å². The molecule has 8 nitrogen and oxygen atoms in total. The minimum atomic E-state index is -3.61. The van der Waals surface area contributed by atoms with E-state index in [4.69, 9.17) is 27.9 Å². The highest BCUT2D eigenvalue weighted by Gasteiger charge is 2.21. The van der Waals surface area contributed by atoms with Gasteiger partial charge in [0.05, 0.1) is 28.8 Å². The van der Waals surface area contributed by atoms with Crippen molar-refractivity contribution in [3.63, 3.8) is 0 Å². The summed E-state index contributed by atoms with van der Waals surface area (Å²) in [4.78, 5) is 26.1. The molecule has 1 unspecified atom stereocenters. The topological polar surface area (TPSA) is 105 Å². The van der Waals surface area contributed by atoms with Gasteiger partial charge in [0.1, 0.15) is 10.8 Å². The maximum Gasteiger partial charge on any atom is 0.319 e. The number of benzene rings is 3. The van der Waals surface area contributed by atoms with Crippen LogP contribution in [-0.4, -0.2) is 38.9 Å². The SMILES string of the molecule is COc1ccc(C(C)NC(=O)Nc2ccc(S(=O)(=O)Cc3ccc4c(c3)CCN(C(C)=O)C4)cc2)c(Cl)c1Cl. The third kappa shape index (κ3) is 6.66. The summed E-state index contributed by atoms with van der Waals surface area (Å²) in [5.74, 6) is 0.320. The van der Waals surface area contributed by atoms with Crippen LogP contribution in [-0.2, 0) is 33.4 Å². The number of nitrogens with one attached hydrogen (secondary N) is 2. The normalized spacial score (nSPS) is 13.8. The fourth-order valence-electron chi connectivity index (χ4n) is 4.49. The maximum atomic E-state index is 13.1. The number of anilines is 1. The molecule has 1 atom stereocenters. The molecule has 206 valence electrons. The third-order valence-electron chi connectivity index (χ3n) is 6.67. The summed E-state index contributed by atoms with van der Waals surface area (Å²) < 4.78 is 31.3. The summed E-state index contributed by atoms with van der Waals surface area (Å²) in [5.41, 5.74) is 3.85. The van der Waals surface area contributed by atoms with Crippen molar-refractivity contribution < 1.29 is 22.7 Å². The van der Waals surface area contributed by atoms with Gasteiger partial charge in [-0.25, -0.2) is 13.2 Å². The van der Waals surface area contributed by atoms with E-state index in [1.165, 1.54) is 31.4 Å². The van der Waals surface area contributed by atoms with Crippen molar-refractivity contribution in [3.8, 4) is 5.75 Å². The highest BCUT2D eigenvalue weighted by molar-refractivity contribution is 7.90. The van der Waals surface area contributed by atoms with Gasteiger partial charge in [0.2, 0.25) is 5.91 Å². The highest BCUT2D eigenvalue weighted by atomic mass is 35.5. The van der Waals surface area contributed by atoms with Gasteiger partial charge in [-0.1, -0.05) is 47.5 Å². The van der Waals surface area contributed by atoms with E-state index in [0.717, 1.165) is 11.1 Å². The lowest BCUT2D eigenvalue weighted by Gasteiger charge is -2.28. The number of fused-ring (bicyclic) bond motifs is 1. The predicted octanol–water partition coefficient (Wildman–Crippen LogP) is 5.76. The van der Waals surface area contributed by atoms with Crippen LogP contribution < -0.4 is 15.4 Å². The van der Waals surface area contributed by atoms with Crippen molar-refractivity contribution in [2.75, 3.05) is 19.0 Å². The number of urea groups is 1. The first-order valence-corrected chi connectivity index (χ1v) is 14.7. The number of hydrogen-bond donors (Lipinski definition) is 2. The van der Waals surface area contributed by atoms with Crippen molar-refractivity contribution in [1.29, 1.82) is 0 Å². The molecule has 0 aromatic heterocycles. The van der Waals surface area contributed by atoms with E-state index >= 15 is 0 Å². The number of amides is 3. The Labute approximate surface area is 238 Å². The molecule has 0 saturated heterocycles. The fourth-order valence-corrected chi connectivity index (χ4v) is 6.40. The van der Waals surface area contributed by atoms with Gasteiger partial charge in [-0.3, -0.25) is 4.79 Å². The molecule has 3 amide bonds. The molecule has 1 heterocycles. The summed E-state index contributed by atoms with van der Waals surface area (Å²) in [6.07, 6.45) is 0.696. The van der Waals surface area contributed by atoms with E-state index < -0.39 is 21.9 Å². The number of carbonyl (C=O) groups excluding carboxylic acids is 2. The molecule has 0 radical (unpaired) electrons. The van der Waals surface area contributed by atoms with Gasteiger partial charge in [0.25, 0.3) is 0 Å². The number of nitrogens with zero attached hydrogens (tertiary/aromatic N) is 1. The van der Waals surface area contributed by atoms with Crippen molar-refractivity contribution in [2.24, 2.45) is 0 Å². The van der Waals surface area contributed by atoms with Crippen LogP contribution in [0, 0.1) is 0 Å². The van der Waals surface area contributed by atoms with Gasteiger partial charge in [-0.05, 0) is 65.9 Å². The van der Waals surface area contributed by atoms with E-state index in [1.54, 1.807) is 36.9 Å². The standard InChI is InChI=1S/C28H29Cl2N3O5S/c1-17(24-10-11-25(38-3)27(30)26(24)29)31-28(35)32-22-6-8-23(9-7-22)39(36,37)16-19-4-5-21-15-33(18(2)34)13-12-20(21)14-19/h4-11,14,17H,12-13,15-16H2,1-3H3,(H2,31,32,35). The quantitative estimate of drug-likeness (QED) is 0.364. The van der Waals surface area contributed by atoms with E-state index in [2.05, 4.69) is 10.6 Å². The Morgan fingerprint density at radius 2 is 1.74 bits per heavy atom. The number of rotatable bonds is 7. The summed E-state index contributed by atoms with van der Waals surface area (Å²) in [7, 11) is -2.12. The molecule has 0 fully saturated rings. The lowest BCUT2D eigenvalue weighted by molar-refractivity contribution is -0.129. The van der Waals surface area contributed by atoms with Gasteiger partial charge >= 0.3 is 6.03 Å². The molecule has 11 heteroatoms. The number of hydrogen-bond acceptors (Lipinski definition) is 5. The summed E-state index contributed by atoms with van der Waals surface area (Å²) in [6, 6.07) is 14.1. The smallest absolute Gasteiger partial charge is 0.319 e. The highest BCUT2D eigenvalue weighted by Crippen LogP contribution is 2.37.